The van der Waals surface area contributed by atoms with Gasteiger partial charge in [0.1, 0.15) is 6.61 Å². The van der Waals surface area contributed by atoms with E-state index in [1.54, 1.807) is 23.5 Å². The molecule has 6 heteroatoms. The van der Waals surface area contributed by atoms with E-state index in [2.05, 4.69) is 6.92 Å². The molecule has 0 bridgehead atoms. The number of nitrogens with zero attached hydrogens (tertiary/aromatic N) is 1. The summed E-state index contributed by atoms with van der Waals surface area (Å²) >= 11 is 1.66. The minimum Gasteiger partial charge on any atom is -0.481 e. The Morgan fingerprint density at radius 3 is 2.65 bits per heavy atom. The zero-order valence-electron chi connectivity index (χ0n) is 11.2. The minimum atomic E-state index is -0.443. The van der Waals surface area contributed by atoms with Gasteiger partial charge in [-0.25, -0.2) is 0 Å². The number of hydrogen-bond donors (Lipinski definition) is 1. The van der Waals surface area contributed by atoms with E-state index in [-0.39, 0.29) is 11.4 Å². The molecule has 0 amide bonds. The molecule has 106 valence electrons. The highest BCUT2D eigenvalue weighted by atomic mass is 32.1. The third-order valence-electron chi connectivity index (χ3n) is 2.89. The SMILES string of the molecule is CCc1ccc(COc2cc(CN)ccc2[N+](=O)[O-])s1. The van der Waals surface area contributed by atoms with Crippen molar-refractivity contribution in [3.63, 3.8) is 0 Å². The second-order valence-electron chi connectivity index (χ2n) is 4.27. The average molecular weight is 292 g/mol. The number of rotatable bonds is 6. The van der Waals surface area contributed by atoms with Crippen molar-refractivity contribution in [3.8, 4) is 5.75 Å². The molecule has 0 unspecified atom stereocenters. The molecule has 0 radical (unpaired) electrons. The first-order valence-corrected chi connectivity index (χ1v) is 7.13. The van der Waals surface area contributed by atoms with Crippen molar-refractivity contribution >= 4 is 17.0 Å². The summed E-state index contributed by atoms with van der Waals surface area (Å²) in [6.45, 7) is 2.75. The van der Waals surface area contributed by atoms with Gasteiger partial charge in [-0.3, -0.25) is 10.1 Å². The zero-order valence-corrected chi connectivity index (χ0v) is 12.0. The van der Waals surface area contributed by atoms with E-state index >= 15 is 0 Å². The molecule has 0 saturated carbocycles. The molecule has 20 heavy (non-hydrogen) atoms. The van der Waals surface area contributed by atoms with Crippen molar-refractivity contribution in [3.05, 3.63) is 55.8 Å². The largest absolute Gasteiger partial charge is 0.481 e. The summed E-state index contributed by atoms with van der Waals surface area (Å²) in [5, 5.41) is 11.0. The summed E-state index contributed by atoms with van der Waals surface area (Å²) in [5.41, 5.74) is 6.33. The standard InChI is InChI=1S/C14H16N2O3S/c1-2-11-4-5-12(20-11)9-19-14-7-10(8-15)3-6-13(14)16(17)18/h3-7H,2,8-9,15H2,1H3. The van der Waals surface area contributed by atoms with Gasteiger partial charge in [-0.1, -0.05) is 13.0 Å². The minimum absolute atomic E-state index is 0.0329. The Bertz CT molecular complexity index is 610. The van der Waals surface area contributed by atoms with E-state index in [0.29, 0.717) is 13.2 Å². The molecule has 0 fully saturated rings. The van der Waals surface area contributed by atoms with Crippen LogP contribution < -0.4 is 10.5 Å². The van der Waals surface area contributed by atoms with E-state index in [4.69, 9.17) is 10.5 Å². The summed E-state index contributed by atoms with van der Waals surface area (Å²) in [6.07, 6.45) is 0.980. The van der Waals surface area contributed by atoms with Gasteiger partial charge in [0.2, 0.25) is 0 Å². The number of nitrogens with two attached hydrogens (primary N) is 1. The Hall–Kier alpha value is -1.92. The predicted molar refractivity (Wildman–Crippen MR) is 79.0 cm³/mol. The normalized spacial score (nSPS) is 10.5. The highest BCUT2D eigenvalue weighted by Crippen LogP contribution is 2.29. The lowest BCUT2D eigenvalue weighted by Crippen LogP contribution is -2.01. The number of hydrogen-bond acceptors (Lipinski definition) is 5. The van der Waals surface area contributed by atoms with Gasteiger partial charge in [0.15, 0.2) is 5.75 Å². The molecule has 1 aromatic heterocycles. The van der Waals surface area contributed by atoms with E-state index in [1.165, 1.54) is 10.9 Å². The smallest absolute Gasteiger partial charge is 0.310 e. The molecule has 1 aromatic carbocycles. The van der Waals surface area contributed by atoms with Crippen LogP contribution in [-0.2, 0) is 19.6 Å². The van der Waals surface area contributed by atoms with Crippen LogP contribution in [0.4, 0.5) is 5.69 Å². The van der Waals surface area contributed by atoms with Gasteiger partial charge in [0.25, 0.3) is 0 Å². The van der Waals surface area contributed by atoms with Crippen molar-refractivity contribution in [2.45, 2.75) is 26.5 Å². The summed E-state index contributed by atoms with van der Waals surface area (Å²) in [6, 6.07) is 8.75. The molecule has 5 nitrogen and oxygen atoms in total. The molecule has 2 rings (SSSR count). The fourth-order valence-corrected chi connectivity index (χ4v) is 2.66. The van der Waals surface area contributed by atoms with E-state index in [0.717, 1.165) is 16.9 Å². The fourth-order valence-electron chi connectivity index (χ4n) is 1.79. The van der Waals surface area contributed by atoms with Crippen LogP contribution in [0.25, 0.3) is 0 Å². The Labute approximate surface area is 121 Å². The van der Waals surface area contributed by atoms with Crippen molar-refractivity contribution in [2.24, 2.45) is 5.73 Å². The van der Waals surface area contributed by atoms with Crippen LogP contribution in [0.2, 0.25) is 0 Å². The number of nitro groups is 1. The molecule has 0 aliphatic carbocycles. The monoisotopic (exact) mass is 292 g/mol. The number of thiophene rings is 1. The van der Waals surface area contributed by atoms with Gasteiger partial charge >= 0.3 is 5.69 Å². The number of nitro benzene ring substituents is 1. The Kier molecular flexibility index (Phi) is 4.70. The molecule has 0 aliphatic rings. The maximum absolute atomic E-state index is 11.0. The van der Waals surface area contributed by atoms with Gasteiger partial charge in [-0.05, 0) is 30.2 Å². The molecule has 2 aromatic rings. The van der Waals surface area contributed by atoms with Crippen molar-refractivity contribution in [1.29, 1.82) is 0 Å². The third kappa shape index (κ3) is 3.34. The first kappa shape index (κ1) is 14.5. The maximum atomic E-state index is 11.0. The van der Waals surface area contributed by atoms with Crippen LogP contribution >= 0.6 is 11.3 Å². The maximum Gasteiger partial charge on any atom is 0.310 e. The van der Waals surface area contributed by atoms with Crippen LogP contribution in [0.3, 0.4) is 0 Å². The van der Waals surface area contributed by atoms with Crippen LogP contribution in [0.1, 0.15) is 22.2 Å². The van der Waals surface area contributed by atoms with Crippen LogP contribution in [-0.4, -0.2) is 4.92 Å². The Morgan fingerprint density at radius 1 is 1.30 bits per heavy atom. The lowest BCUT2D eigenvalue weighted by molar-refractivity contribution is -0.386. The summed E-state index contributed by atoms with van der Waals surface area (Å²) < 4.78 is 5.60. The van der Waals surface area contributed by atoms with Gasteiger partial charge in [0.05, 0.1) is 4.92 Å². The molecule has 1 heterocycles. The molecule has 0 spiro atoms. The topological polar surface area (TPSA) is 78.4 Å². The van der Waals surface area contributed by atoms with Gasteiger partial charge in [-0.15, -0.1) is 11.3 Å². The fraction of sp³-hybridized carbons (Fsp3) is 0.286. The number of aryl methyl sites for hydroxylation is 1. The van der Waals surface area contributed by atoms with Crippen LogP contribution in [0, 0.1) is 10.1 Å². The first-order chi connectivity index (χ1) is 9.63. The van der Waals surface area contributed by atoms with E-state index in [1.807, 2.05) is 12.1 Å². The van der Waals surface area contributed by atoms with E-state index in [9.17, 15) is 10.1 Å². The van der Waals surface area contributed by atoms with Crippen molar-refractivity contribution in [2.75, 3.05) is 0 Å². The zero-order chi connectivity index (χ0) is 14.5. The second kappa shape index (κ2) is 6.49. The van der Waals surface area contributed by atoms with Crippen molar-refractivity contribution in [1.82, 2.24) is 0 Å². The molecule has 0 atom stereocenters. The Balaban J connectivity index is 2.16. The van der Waals surface area contributed by atoms with E-state index < -0.39 is 4.92 Å². The number of benzene rings is 1. The summed E-state index contributed by atoms with van der Waals surface area (Å²) in [7, 11) is 0. The second-order valence-corrected chi connectivity index (χ2v) is 5.53. The van der Waals surface area contributed by atoms with Gasteiger partial charge in [0, 0.05) is 22.4 Å². The van der Waals surface area contributed by atoms with Crippen LogP contribution in [0.5, 0.6) is 5.75 Å². The van der Waals surface area contributed by atoms with Gasteiger partial charge in [-0.2, -0.15) is 0 Å². The lowest BCUT2D eigenvalue weighted by Gasteiger charge is -2.07. The predicted octanol–water partition coefficient (Wildman–Crippen LogP) is 3.26. The molecular weight excluding hydrogens is 276 g/mol. The molecule has 0 aliphatic heterocycles. The summed E-state index contributed by atoms with van der Waals surface area (Å²) in [5.74, 6) is 0.268. The molecule has 0 saturated heterocycles. The summed E-state index contributed by atoms with van der Waals surface area (Å²) in [4.78, 5) is 12.9. The van der Waals surface area contributed by atoms with Crippen LogP contribution in [0.15, 0.2) is 30.3 Å². The van der Waals surface area contributed by atoms with Gasteiger partial charge < -0.3 is 10.5 Å². The average Bonchev–Trinajstić information content (AvgIpc) is 2.92. The van der Waals surface area contributed by atoms with Crippen molar-refractivity contribution < 1.29 is 9.66 Å². The molecular formula is C14H16N2O3S. The quantitative estimate of drug-likeness (QED) is 0.654. The molecule has 2 N–H and O–H groups in total. The lowest BCUT2D eigenvalue weighted by atomic mass is 10.2. The number of ether oxygens (including phenoxy) is 1. The Morgan fingerprint density at radius 2 is 2.05 bits per heavy atom. The highest BCUT2D eigenvalue weighted by molar-refractivity contribution is 7.11. The third-order valence-corrected chi connectivity index (χ3v) is 4.10. The highest BCUT2D eigenvalue weighted by Gasteiger charge is 2.15. The first-order valence-electron chi connectivity index (χ1n) is 6.31.